The number of hydrogen-bond acceptors (Lipinski definition) is 6. The van der Waals surface area contributed by atoms with Crippen LogP contribution in [0.25, 0.3) is 21.7 Å². The zero-order valence-corrected chi connectivity index (χ0v) is 23.2. The van der Waals surface area contributed by atoms with Crippen LogP contribution in [0, 0.1) is 0 Å². The number of nitrogens with zero attached hydrogens (tertiary/aromatic N) is 1. The Morgan fingerprint density at radius 2 is 1.67 bits per heavy atom. The Hall–Kier alpha value is -4.30. The lowest BCUT2D eigenvalue weighted by atomic mass is 10.1. The number of benzene rings is 4. The Labute approximate surface area is 234 Å². The van der Waals surface area contributed by atoms with Gasteiger partial charge in [-0.15, -0.1) is 0 Å². The van der Waals surface area contributed by atoms with Crippen LogP contribution in [0.15, 0.2) is 92.9 Å². The number of hydrazone groups is 1. The number of carbonyl (C=O) groups is 1. The SMILES string of the molecule is CCOc1ccc2oc(C(=O)N/N=C/c3cc(OCC)c(OCc4ccc5ccccc5c4)cc3Br)cc2c1. The second kappa shape index (κ2) is 12.0. The molecule has 1 N–H and O–H groups in total. The van der Waals surface area contributed by atoms with Crippen LogP contribution < -0.4 is 19.6 Å². The van der Waals surface area contributed by atoms with E-state index in [9.17, 15) is 4.79 Å². The molecule has 1 amide bonds. The van der Waals surface area contributed by atoms with Crippen molar-refractivity contribution in [1.29, 1.82) is 0 Å². The highest BCUT2D eigenvalue weighted by molar-refractivity contribution is 9.10. The Bertz CT molecular complexity index is 1660. The summed E-state index contributed by atoms with van der Waals surface area (Å²) in [5, 5.41) is 7.24. The van der Waals surface area contributed by atoms with Gasteiger partial charge in [0.05, 0.1) is 19.4 Å². The fourth-order valence-electron chi connectivity index (χ4n) is 4.13. The van der Waals surface area contributed by atoms with Gasteiger partial charge >= 0.3 is 5.91 Å². The van der Waals surface area contributed by atoms with Crippen LogP contribution in [0.4, 0.5) is 0 Å². The van der Waals surface area contributed by atoms with Crippen molar-refractivity contribution < 1.29 is 23.4 Å². The van der Waals surface area contributed by atoms with Gasteiger partial charge in [0.1, 0.15) is 17.9 Å². The molecular weight excluding hydrogens is 560 g/mol. The number of carbonyl (C=O) groups excluding carboxylic acids is 1. The molecule has 0 radical (unpaired) electrons. The molecule has 198 valence electrons. The van der Waals surface area contributed by atoms with Gasteiger partial charge in [-0.05, 0) is 88.6 Å². The summed E-state index contributed by atoms with van der Waals surface area (Å²) in [5.74, 6) is 1.60. The molecule has 1 heterocycles. The highest BCUT2D eigenvalue weighted by Crippen LogP contribution is 2.34. The second-order valence-electron chi connectivity index (χ2n) is 8.67. The van der Waals surface area contributed by atoms with Gasteiger partial charge in [0, 0.05) is 15.4 Å². The largest absolute Gasteiger partial charge is 0.494 e. The normalized spacial score (nSPS) is 11.3. The summed E-state index contributed by atoms with van der Waals surface area (Å²) < 4.78 is 23.9. The highest BCUT2D eigenvalue weighted by Gasteiger charge is 2.14. The summed E-state index contributed by atoms with van der Waals surface area (Å²) in [5.41, 5.74) is 4.88. The molecule has 0 unspecified atom stereocenters. The van der Waals surface area contributed by atoms with Gasteiger partial charge in [-0.2, -0.15) is 5.10 Å². The molecule has 0 atom stereocenters. The minimum absolute atomic E-state index is 0.155. The van der Waals surface area contributed by atoms with E-state index >= 15 is 0 Å². The summed E-state index contributed by atoms with van der Waals surface area (Å²) in [4.78, 5) is 12.6. The number of ether oxygens (including phenoxy) is 3. The zero-order chi connectivity index (χ0) is 27.2. The molecule has 5 aromatic rings. The topological polar surface area (TPSA) is 82.3 Å². The standard InChI is InChI=1S/C31H27BrN2O5/c1-3-36-25-11-12-27-23(14-25)15-30(39-27)31(35)34-33-18-24-16-28(37-4-2)29(17-26(24)32)38-19-20-9-10-21-7-5-6-8-22(21)13-20/h5-18H,3-4,19H2,1-2H3,(H,34,35)/b33-18+. The number of furan rings is 1. The number of amides is 1. The first kappa shape index (κ1) is 26.3. The lowest BCUT2D eigenvalue weighted by Crippen LogP contribution is -2.16. The van der Waals surface area contributed by atoms with Crippen molar-refractivity contribution in [2.24, 2.45) is 5.10 Å². The van der Waals surface area contributed by atoms with Gasteiger partial charge in [-0.25, -0.2) is 5.43 Å². The van der Waals surface area contributed by atoms with Gasteiger partial charge in [0.15, 0.2) is 17.3 Å². The van der Waals surface area contributed by atoms with Crippen molar-refractivity contribution in [3.05, 3.63) is 100 Å². The monoisotopic (exact) mass is 586 g/mol. The number of nitrogens with one attached hydrogen (secondary N) is 1. The third-order valence-corrected chi connectivity index (χ3v) is 6.65. The van der Waals surface area contributed by atoms with E-state index in [2.05, 4.69) is 56.8 Å². The van der Waals surface area contributed by atoms with Crippen molar-refractivity contribution in [2.45, 2.75) is 20.5 Å². The molecule has 0 aliphatic heterocycles. The quantitative estimate of drug-likeness (QED) is 0.135. The van der Waals surface area contributed by atoms with E-state index in [0.29, 0.717) is 42.5 Å². The molecular formula is C31H27BrN2O5. The van der Waals surface area contributed by atoms with Crippen molar-refractivity contribution in [3.63, 3.8) is 0 Å². The molecule has 0 aliphatic carbocycles. The predicted octanol–water partition coefficient (Wildman–Crippen LogP) is 7.49. The Balaban J connectivity index is 1.27. The van der Waals surface area contributed by atoms with Crippen LogP contribution in [-0.4, -0.2) is 25.3 Å². The average Bonchev–Trinajstić information content (AvgIpc) is 3.37. The molecule has 0 bridgehead atoms. The molecule has 8 heteroatoms. The van der Waals surface area contributed by atoms with E-state index in [-0.39, 0.29) is 5.76 Å². The van der Waals surface area contributed by atoms with E-state index in [0.717, 1.165) is 26.6 Å². The van der Waals surface area contributed by atoms with Gasteiger partial charge in [0.25, 0.3) is 0 Å². The Kier molecular flexibility index (Phi) is 8.13. The number of halogens is 1. The van der Waals surface area contributed by atoms with Crippen LogP contribution >= 0.6 is 15.9 Å². The predicted molar refractivity (Wildman–Crippen MR) is 156 cm³/mol. The van der Waals surface area contributed by atoms with E-state index in [1.54, 1.807) is 18.2 Å². The molecule has 0 fully saturated rings. The van der Waals surface area contributed by atoms with Crippen LogP contribution in [0.1, 0.15) is 35.5 Å². The minimum atomic E-state index is -0.461. The molecule has 0 aliphatic rings. The summed E-state index contributed by atoms with van der Waals surface area (Å²) in [7, 11) is 0. The highest BCUT2D eigenvalue weighted by atomic mass is 79.9. The number of fused-ring (bicyclic) bond motifs is 2. The molecule has 5 rings (SSSR count). The van der Waals surface area contributed by atoms with E-state index < -0.39 is 5.91 Å². The second-order valence-corrected chi connectivity index (χ2v) is 9.52. The van der Waals surface area contributed by atoms with Crippen LogP contribution in [0.2, 0.25) is 0 Å². The lowest BCUT2D eigenvalue weighted by Gasteiger charge is -2.14. The van der Waals surface area contributed by atoms with Crippen molar-refractivity contribution in [3.8, 4) is 17.2 Å². The number of hydrogen-bond donors (Lipinski definition) is 1. The zero-order valence-electron chi connectivity index (χ0n) is 21.6. The summed E-state index contributed by atoms with van der Waals surface area (Å²) in [6, 6.07) is 25.2. The maximum absolute atomic E-state index is 12.6. The van der Waals surface area contributed by atoms with Gasteiger partial charge < -0.3 is 18.6 Å². The Morgan fingerprint density at radius 1 is 0.872 bits per heavy atom. The first-order valence-corrected chi connectivity index (χ1v) is 13.4. The molecule has 0 saturated heterocycles. The third-order valence-electron chi connectivity index (χ3n) is 5.96. The fraction of sp³-hybridized carbons (Fsp3) is 0.161. The maximum atomic E-state index is 12.6. The van der Waals surface area contributed by atoms with E-state index in [1.807, 2.05) is 44.2 Å². The molecule has 39 heavy (non-hydrogen) atoms. The summed E-state index contributed by atoms with van der Waals surface area (Å²) in [6.45, 7) is 5.25. The van der Waals surface area contributed by atoms with Gasteiger partial charge in [0.2, 0.25) is 0 Å². The molecule has 0 spiro atoms. The van der Waals surface area contributed by atoms with Crippen LogP contribution in [0.3, 0.4) is 0 Å². The summed E-state index contributed by atoms with van der Waals surface area (Å²) >= 11 is 3.58. The van der Waals surface area contributed by atoms with Gasteiger partial charge in [-0.3, -0.25) is 4.79 Å². The van der Waals surface area contributed by atoms with Gasteiger partial charge in [-0.1, -0.05) is 36.4 Å². The fourth-order valence-corrected chi connectivity index (χ4v) is 4.55. The molecule has 0 saturated carbocycles. The smallest absolute Gasteiger partial charge is 0.307 e. The first-order chi connectivity index (χ1) is 19.0. The molecule has 7 nitrogen and oxygen atoms in total. The Morgan fingerprint density at radius 3 is 2.49 bits per heavy atom. The van der Waals surface area contributed by atoms with Crippen molar-refractivity contribution in [2.75, 3.05) is 13.2 Å². The van der Waals surface area contributed by atoms with Crippen LogP contribution in [0.5, 0.6) is 17.2 Å². The average molecular weight is 587 g/mol. The van der Waals surface area contributed by atoms with E-state index in [4.69, 9.17) is 18.6 Å². The molecule has 1 aromatic heterocycles. The number of rotatable bonds is 10. The minimum Gasteiger partial charge on any atom is -0.494 e. The van der Waals surface area contributed by atoms with Crippen molar-refractivity contribution in [1.82, 2.24) is 5.43 Å². The first-order valence-electron chi connectivity index (χ1n) is 12.6. The third kappa shape index (κ3) is 6.23. The lowest BCUT2D eigenvalue weighted by molar-refractivity contribution is 0.0929. The molecule has 4 aromatic carbocycles. The van der Waals surface area contributed by atoms with Crippen LogP contribution in [-0.2, 0) is 6.61 Å². The summed E-state index contributed by atoms with van der Waals surface area (Å²) in [6.07, 6.45) is 1.54. The van der Waals surface area contributed by atoms with E-state index in [1.165, 1.54) is 11.6 Å². The van der Waals surface area contributed by atoms with Crippen molar-refractivity contribution >= 4 is 49.8 Å². The maximum Gasteiger partial charge on any atom is 0.307 e.